The fourth-order valence-corrected chi connectivity index (χ4v) is 11.9. The molecule has 97 heavy (non-hydrogen) atoms. The summed E-state index contributed by atoms with van der Waals surface area (Å²) in [4.78, 5) is 37.6. The lowest BCUT2D eigenvalue weighted by atomic mass is 10.0. The number of rotatable bonds is 76. The predicted molar refractivity (Wildman–Crippen MR) is 417 cm³/mol. The maximum atomic E-state index is 13.0. The Hall–Kier alpha value is -4.05. The summed E-state index contributed by atoms with van der Waals surface area (Å²) in [6, 6.07) is 0. The molecule has 2 unspecified atom stereocenters. The van der Waals surface area contributed by atoms with Crippen molar-refractivity contribution in [2.75, 3.05) is 47.5 Å². The number of likely N-dealkylation sites (N-methyl/N-ethyl adjacent to an activating group) is 1. The van der Waals surface area contributed by atoms with Crippen molar-refractivity contribution in [2.24, 2.45) is 0 Å². The molecular weight excluding hydrogens is 1200 g/mol. The van der Waals surface area contributed by atoms with E-state index in [9.17, 15) is 19.5 Å². The van der Waals surface area contributed by atoms with Gasteiger partial charge in [-0.3, -0.25) is 9.59 Å². The normalized spacial score (nSPS) is 13.2. The molecule has 0 N–H and O–H groups in total. The van der Waals surface area contributed by atoms with Gasteiger partial charge < -0.3 is 33.3 Å². The van der Waals surface area contributed by atoms with Crippen LogP contribution in [0, 0.1) is 0 Å². The number of carbonyl (C=O) groups is 3. The van der Waals surface area contributed by atoms with Crippen LogP contribution in [0.1, 0.15) is 373 Å². The van der Waals surface area contributed by atoms with Crippen LogP contribution in [0.15, 0.2) is 109 Å². The van der Waals surface area contributed by atoms with Gasteiger partial charge in [-0.05, 0) is 96.3 Å². The Morgan fingerprint density at radius 1 is 0.309 bits per heavy atom. The molecule has 0 aromatic rings. The summed E-state index contributed by atoms with van der Waals surface area (Å²) < 4.78 is 22.9. The third-order valence-corrected chi connectivity index (χ3v) is 18.0. The smallest absolute Gasteiger partial charge is 0.306 e. The van der Waals surface area contributed by atoms with Gasteiger partial charge in [0.2, 0.25) is 0 Å². The van der Waals surface area contributed by atoms with Gasteiger partial charge in [0.25, 0.3) is 0 Å². The number of carbonyl (C=O) groups excluding carboxylic acids is 3. The maximum Gasteiger partial charge on any atom is 0.306 e. The van der Waals surface area contributed by atoms with Gasteiger partial charge in [0.05, 0.1) is 40.3 Å². The first kappa shape index (κ1) is 93.0. The molecule has 0 radical (unpaired) electrons. The highest BCUT2D eigenvalue weighted by Gasteiger charge is 2.22. The van der Waals surface area contributed by atoms with E-state index in [0.29, 0.717) is 23.9 Å². The Kier molecular flexibility index (Phi) is 74.4. The molecule has 2 atom stereocenters. The summed E-state index contributed by atoms with van der Waals surface area (Å²) in [7, 11) is 5.95. The summed E-state index contributed by atoms with van der Waals surface area (Å²) in [6.45, 7) is 4.57. The van der Waals surface area contributed by atoms with E-state index in [-0.39, 0.29) is 32.2 Å². The van der Waals surface area contributed by atoms with E-state index < -0.39 is 24.3 Å². The number of hydrogen-bond donors (Lipinski definition) is 0. The first-order valence-electron chi connectivity index (χ1n) is 41.0. The van der Waals surface area contributed by atoms with Gasteiger partial charge in [0.1, 0.15) is 13.2 Å². The minimum Gasteiger partial charge on any atom is -0.545 e. The SMILES string of the molecule is CC/C=C\C/C=C\C/C=C\C/C=C\C/C=C\CCCCCCCCCCCCCCCCCCCCCCCCCCCC(=O)OC(COC(=O)CCCCCCCCCCCCCCCCCCCC/C=C\C/C=C\C/C=C\C/C=C\CC)COC(OCC[N+](C)(C)C)C(=O)[O-]. The van der Waals surface area contributed by atoms with Crippen LogP contribution in [-0.2, 0) is 33.3 Å². The topological polar surface area (TPSA) is 111 Å². The summed E-state index contributed by atoms with van der Waals surface area (Å²) in [5.41, 5.74) is 0. The van der Waals surface area contributed by atoms with Gasteiger partial charge in [-0.2, -0.15) is 0 Å². The van der Waals surface area contributed by atoms with Crippen LogP contribution in [0.3, 0.4) is 0 Å². The molecule has 0 aliphatic carbocycles. The molecule has 9 nitrogen and oxygen atoms in total. The third kappa shape index (κ3) is 79.2. The molecule has 0 saturated carbocycles. The van der Waals surface area contributed by atoms with Crippen molar-refractivity contribution in [3.8, 4) is 0 Å². The van der Waals surface area contributed by atoms with Crippen molar-refractivity contribution in [2.45, 2.75) is 386 Å². The zero-order valence-corrected chi connectivity index (χ0v) is 64.2. The molecule has 0 rings (SSSR count). The minimum absolute atomic E-state index is 0.148. The number of unbranched alkanes of at least 4 members (excludes halogenated alkanes) is 43. The van der Waals surface area contributed by atoms with E-state index >= 15 is 0 Å². The molecule has 0 aromatic carbocycles. The van der Waals surface area contributed by atoms with Gasteiger partial charge >= 0.3 is 11.9 Å². The number of quaternary nitrogens is 1. The molecule has 0 aromatic heterocycles. The fraction of sp³-hybridized carbons (Fsp3) is 0.761. The van der Waals surface area contributed by atoms with Crippen LogP contribution in [0.4, 0.5) is 0 Å². The number of aliphatic carboxylic acids is 1. The standard InChI is InChI=1S/C88H155NO8/c1-6-8-10-12-14-16-18-20-22-24-26-28-30-32-34-36-38-39-40-41-42-43-44-45-46-47-49-51-53-55-57-59-61-63-65-67-69-71-73-75-77-79-86(91)97-84(83-96-88(87(92)93)94-81-80-89(3,4)5)82-95-85(90)78-76-74-72-70-68-66-64-62-60-58-56-54-52-50-48-37-35-33-31-29-27-25-23-21-19-17-15-13-11-9-7-2/h8-11,14-17,20-23,26-29,32,34,84,88H,6-7,12-13,18-19,24-25,30-31,33,35-83H2,1-5H3/b10-8-,11-9-,16-14-,17-15-,22-20-,23-21-,28-26-,29-27-,34-32-. The second-order valence-corrected chi connectivity index (χ2v) is 28.7. The Balaban J connectivity index is 3.96. The number of allylic oxidation sites excluding steroid dienone is 18. The lowest BCUT2D eigenvalue weighted by Gasteiger charge is -2.26. The largest absolute Gasteiger partial charge is 0.545 e. The van der Waals surface area contributed by atoms with Crippen molar-refractivity contribution in [1.29, 1.82) is 0 Å². The van der Waals surface area contributed by atoms with Crippen molar-refractivity contribution in [1.82, 2.24) is 0 Å². The van der Waals surface area contributed by atoms with Crippen LogP contribution >= 0.6 is 0 Å². The number of nitrogens with zero attached hydrogens (tertiary/aromatic N) is 1. The van der Waals surface area contributed by atoms with Gasteiger partial charge in [0, 0.05) is 12.8 Å². The van der Waals surface area contributed by atoms with Gasteiger partial charge in [0.15, 0.2) is 12.4 Å². The number of esters is 2. The molecule has 560 valence electrons. The molecule has 0 spiro atoms. The molecule has 0 aliphatic rings. The molecule has 0 fully saturated rings. The molecule has 0 bridgehead atoms. The summed E-state index contributed by atoms with van der Waals surface area (Å²) in [5.74, 6) is -2.26. The number of carboxylic acids is 1. The minimum atomic E-state index is -1.62. The highest BCUT2D eigenvalue weighted by atomic mass is 16.7. The van der Waals surface area contributed by atoms with Crippen molar-refractivity contribution >= 4 is 17.9 Å². The zero-order chi connectivity index (χ0) is 70.4. The molecule has 0 saturated heterocycles. The lowest BCUT2D eigenvalue weighted by Crippen LogP contribution is -2.44. The quantitative estimate of drug-likeness (QED) is 0.0195. The van der Waals surface area contributed by atoms with Crippen molar-refractivity contribution < 1.29 is 42.9 Å². The highest BCUT2D eigenvalue weighted by molar-refractivity contribution is 5.70. The van der Waals surface area contributed by atoms with Gasteiger partial charge in [-0.25, -0.2) is 0 Å². The molecule has 0 amide bonds. The van der Waals surface area contributed by atoms with Crippen molar-refractivity contribution in [3.63, 3.8) is 0 Å². The van der Waals surface area contributed by atoms with Crippen molar-refractivity contribution in [3.05, 3.63) is 109 Å². The monoisotopic (exact) mass is 1350 g/mol. The summed E-state index contributed by atoms with van der Waals surface area (Å²) in [5, 5.41) is 11.9. The van der Waals surface area contributed by atoms with Crippen LogP contribution in [0.5, 0.6) is 0 Å². The second kappa shape index (κ2) is 77.7. The number of carboxylic acid groups (broad SMARTS) is 1. The fourth-order valence-electron chi connectivity index (χ4n) is 11.9. The van der Waals surface area contributed by atoms with Crippen LogP contribution in [0.2, 0.25) is 0 Å². The predicted octanol–water partition coefficient (Wildman–Crippen LogP) is 25.1. The van der Waals surface area contributed by atoms with Gasteiger partial charge in [-0.1, -0.05) is 374 Å². The van der Waals surface area contributed by atoms with Gasteiger partial charge in [-0.15, -0.1) is 0 Å². The average Bonchev–Trinajstić information content (AvgIpc) is 3.27. The van der Waals surface area contributed by atoms with Crippen LogP contribution in [-0.4, -0.2) is 82.3 Å². The molecule has 9 heteroatoms. The third-order valence-electron chi connectivity index (χ3n) is 18.0. The van der Waals surface area contributed by atoms with E-state index in [1.54, 1.807) is 0 Å². The van der Waals surface area contributed by atoms with Crippen LogP contribution in [0.25, 0.3) is 0 Å². The first-order chi connectivity index (χ1) is 47.6. The first-order valence-corrected chi connectivity index (χ1v) is 41.0. The van der Waals surface area contributed by atoms with E-state index in [2.05, 4.69) is 123 Å². The average molecular weight is 1360 g/mol. The maximum absolute atomic E-state index is 13.0. The Morgan fingerprint density at radius 3 is 0.825 bits per heavy atom. The van der Waals surface area contributed by atoms with E-state index in [0.717, 1.165) is 89.9 Å². The Morgan fingerprint density at radius 2 is 0.557 bits per heavy atom. The summed E-state index contributed by atoms with van der Waals surface area (Å²) >= 11 is 0. The molecule has 0 aliphatic heterocycles. The molecular formula is C88H155NO8. The lowest BCUT2D eigenvalue weighted by molar-refractivity contribution is -0.870. The molecule has 0 heterocycles. The van der Waals surface area contributed by atoms with E-state index in [4.69, 9.17) is 18.9 Å². The zero-order valence-electron chi connectivity index (χ0n) is 64.2. The van der Waals surface area contributed by atoms with E-state index in [1.807, 2.05) is 21.1 Å². The second-order valence-electron chi connectivity index (χ2n) is 28.7. The number of ether oxygens (including phenoxy) is 4. The Bertz CT molecular complexity index is 1970. The van der Waals surface area contributed by atoms with Crippen LogP contribution < -0.4 is 5.11 Å². The number of hydrogen-bond acceptors (Lipinski definition) is 8. The summed E-state index contributed by atoms with van der Waals surface area (Å²) in [6.07, 6.45) is 107. The Labute approximate surface area is 600 Å². The highest BCUT2D eigenvalue weighted by Crippen LogP contribution is 2.19. The van der Waals surface area contributed by atoms with E-state index in [1.165, 1.54) is 250 Å².